The Labute approximate surface area is 162 Å². The van der Waals surface area contributed by atoms with Crippen molar-refractivity contribution in [3.05, 3.63) is 56.8 Å². The van der Waals surface area contributed by atoms with Crippen molar-refractivity contribution in [2.24, 2.45) is 5.92 Å². The average Bonchev–Trinajstić information content (AvgIpc) is 3.01. The number of amides is 2. The number of nitrogens with one attached hydrogen (secondary N) is 2. The minimum Gasteiger partial charge on any atom is -0.267 e. The summed E-state index contributed by atoms with van der Waals surface area (Å²) in [5.41, 5.74) is 6.87. The Morgan fingerprint density at radius 3 is 2.67 bits per heavy atom. The highest BCUT2D eigenvalue weighted by atomic mass is 32.2. The number of hydrogen-bond donors (Lipinski definition) is 2. The van der Waals surface area contributed by atoms with Crippen molar-refractivity contribution in [2.45, 2.75) is 31.9 Å². The fraction of sp³-hybridized carbons (Fsp3) is 0.368. The highest BCUT2D eigenvalue weighted by Gasteiger charge is 2.21. The Hall–Kier alpha value is -2.19. The van der Waals surface area contributed by atoms with E-state index in [-0.39, 0.29) is 17.2 Å². The monoisotopic (exact) mass is 406 g/mol. The third-order valence-corrected chi connectivity index (χ3v) is 6.55. The predicted molar refractivity (Wildman–Crippen MR) is 105 cm³/mol. The van der Waals surface area contributed by atoms with Gasteiger partial charge in [0.2, 0.25) is 0 Å². The largest absolute Gasteiger partial charge is 0.279 e. The van der Waals surface area contributed by atoms with E-state index in [0.29, 0.717) is 16.4 Å². The van der Waals surface area contributed by atoms with Gasteiger partial charge in [-0.15, -0.1) is 11.3 Å². The number of hydrogen-bond acceptors (Lipinski definition) is 5. The molecule has 0 saturated heterocycles. The highest BCUT2D eigenvalue weighted by Crippen LogP contribution is 2.32. The first-order chi connectivity index (χ1) is 12.7. The van der Waals surface area contributed by atoms with E-state index in [4.69, 9.17) is 0 Å². The normalized spacial score (nSPS) is 16.4. The van der Waals surface area contributed by atoms with E-state index in [1.54, 1.807) is 18.2 Å². The number of rotatable bonds is 4. The van der Waals surface area contributed by atoms with Gasteiger partial charge in [-0.3, -0.25) is 20.4 Å². The quantitative estimate of drug-likeness (QED) is 0.763. The summed E-state index contributed by atoms with van der Waals surface area (Å²) in [5.74, 6) is -0.349. The SMILES string of the molecule is CC1CCc2sc(C(=O)NNC(=O)c3cccc(CS(C)(=O)=O)c3)cc2C1. The molecule has 1 unspecified atom stereocenters. The third kappa shape index (κ3) is 5.17. The van der Waals surface area contributed by atoms with E-state index >= 15 is 0 Å². The van der Waals surface area contributed by atoms with E-state index in [2.05, 4.69) is 17.8 Å². The standard InChI is InChI=1S/C19H22N2O4S2/c1-12-6-7-16-15(8-12)10-17(26-16)19(23)21-20-18(22)14-5-3-4-13(9-14)11-27(2,24)25/h3-5,9-10,12H,6-8,11H2,1-2H3,(H,20,22)(H,21,23). The Kier molecular flexibility index (Phi) is 5.67. The van der Waals surface area contributed by atoms with Gasteiger partial charge in [-0.05, 0) is 54.5 Å². The molecule has 1 aliphatic carbocycles. The first-order valence-corrected chi connectivity index (χ1v) is 11.6. The van der Waals surface area contributed by atoms with E-state index in [9.17, 15) is 18.0 Å². The van der Waals surface area contributed by atoms with Crippen LogP contribution in [0.5, 0.6) is 0 Å². The summed E-state index contributed by atoms with van der Waals surface area (Å²) < 4.78 is 22.8. The van der Waals surface area contributed by atoms with Crippen LogP contribution in [0.25, 0.3) is 0 Å². The number of hydrazine groups is 1. The van der Waals surface area contributed by atoms with Crippen LogP contribution >= 0.6 is 11.3 Å². The van der Waals surface area contributed by atoms with Crippen LogP contribution in [-0.2, 0) is 28.4 Å². The van der Waals surface area contributed by atoms with Gasteiger partial charge in [-0.25, -0.2) is 8.42 Å². The van der Waals surface area contributed by atoms with Crippen molar-refractivity contribution < 1.29 is 18.0 Å². The summed E-state index contributed by atoms with van der Waals surface area (Å²) >= 11 is 1.47. The molecule has 1 aromatic heterocycles. The molecule has 8 heteroatoms. The Morgan fingerprint density at radius 2 is 1.93 bits per heavy atom. The van der Waals surface area contributed by atoms with E-state index < -0.39 is 15.7 Å². The van der Waals surface area contributed by atoms with Gasteiger partial charge in [0, 0.05) is 16.7 Å². The van der Waals surface area contributed by atoms with Crippen molar-refractivity contribution in [3.63, 3.8) is 0 Å². The molecular weight excluding hydrogens is 384 g/mol. The molecule has 1 aromatic carbocycles. The molecule has 1 aliphatic rings. The van der Waals surface area contributed by atoms with Gasteiger partial charge < -0.3 is 0 Å². The molecule has 0 saturated carbocycles. The number of benzene rings is 1. The maximum atomic E-state index is 12.3. The van der Waals surface area contributed by atoms with Gasteiger partial charge in [-0.2, -0.15) is 0 Å². The lowest BCUT2D eigenvalue weighted by Crippen LogP contribution is -2.41. The summed E-state index contributed by atoms with van der Waals surface area (Å²) in [5, 5.41) is 0. The summed E-state index contributed by atoms with van der Waals surface area (Å²) in [6.45, 7) is 2.21. The van der Waals surface area contributed by atoms with E-state index in [1.165, 1.54) is 27.8 Å². The Bertz CT molecular complexity index is 979. The van der Waals surface area contributed by atoms with Crippen LogP contribution in [0.2, 0.25) is 0 Å². The molecular formula is C19H22N2O4S2. The van der Waals surface area contributed by atoms with Crippen LogP contribution in [0, 0.1) is 5.92 Å². The zero-order chi connectivity index (χ0) is 19.6. The smallest absolute Gasteiger partial charge is 0.267 e. The highest BCUT2D eigenvalue weighted by molar-refractivity contribution is 7.89. The van der Waals surface area contributed by atoms with Gasteiger partial charge in [0.25, 0.3) is 11.8 Å². The van der Waals surface area contributed by atoms with Gasteiger partial charge >= 0.3 is 0 Å². The summed E-state index contributed by atoms with van der Waals surface area (Å²) in [7, 11) is -3.19. The zero-order valence-corrected chi connectivity index (χ0v) is 16.9. The first-order valence-electron chi connectivity index (χ1n) is 8.70. The zero-order valence-electron chi connectivity index (χ0n) is 15.2. The lowest BCUT2D eigenvalue weighted by Gasteiger charge is -2.16. The van der Waals surface area contributed by atoms with E-state index in [0.717, 1.165) is 25.5 Å². The molecule has 144 valence electrons. The number of sulfone groups is 1. The van der Waals surface area contributed by atoms with Crippen molar-refractivity contribution in [1.29, 1.82) is 0 Å². The third-order valence-electron chi connectivity index (χ3n) is 4.46. The Morgan fingerprint density at radius 1 is 1.19 bits per heavy atom. The molecule has 2 aromatic rings. The number of carbonyl (C=O) groups is 2. The van der Waals surface area contributed by atoms with Crippen LogP contribution in [0.4, 0.5) is 0 Å². The maximum absolute atomic E-state index is 12.3. The Balaban J connectivity index is 1.62. The summed E-state index contributed by atoms with van der Waals surface area (Å²) in [6.07, 6.45) is 4.25. The van der Waals surface area contributed by atoms with Crippen molar-refractivity contribution in [3.8, 4) is 0 Å². The molecule has 2 amide bonds. The lowest BCUT2D eigenvalue weighted by atomic mass is 9.90. The van der Waals surface area contributed by atoms with Crippen molar-refractivity contribution in [2.75, 3.05) is 6.26 Å². The molecule has 0 radical (unpaired) electrons. The number of thiophene rings is 1. The number of aryl methyl sites for hydroxylation is 1. The second kappa shape index (κ2) is 7.82. The molecule has 27 heavy (non-hydrogen) atoms. The second-order valence-electron chi connectivity index (χ2n) is 7.09. The molecule has 2 N–H and O–H groups in total. The van der Waals surface area contributed by atoms with Crippen molar-refractivity contribution in [1.82, 2.24) is 10.9 Å². The molecule has 0 spiro atoms. The fourth-order valence-corrected chi connectivity index (χ4v) is 5.06. The first kappa shape index (κ1) is 19.6. The van der Waals surface area contributed by atoms with Gasteiger partial charge in [0.1, 0.15) is 0 Å². The fourth-order valence-electron chi connectivity index (χ4n) is 3.17. The van der Waals surface area contributed by atoms with Crippen LogP contribution in [0.15, 0.2) is 30.3 Å². The summed E-state index contributed by atoms with van der Waals surface area (Å²) in [4.78, 5) is 26.4. The molecule has 6 nitrogen and oxygen atoms in total. The van der Waals surface area contributed by atoms with Gasteiger partial charge in [-0.1, -0.05) is 19.1 Å². The lowest BCUT2D eigenvalue weighted by molar-refractivity contribution is 0.0849. The second-order valence-corrected chi connectivity index (χ2v) is 10.4. The van der Waals surface area contributed by atoms with Crippen LogP contribution in [0.3, 0.4) is 0 Å². The van der Waals surface area contributed by atoms with E-state index in [1.807, 2.05) is 6.07 Å². The minimum atomic E-state index is -3.19. The van der Waals surface area contributed by atoms with Gasteiger partial charge in [0.05, 0.1) is 10.6 Å². The minimum absolute atomic E-state index is 0.139. The van der Waals surface area contributed by atoms with Gasteiger partial charge in [0.15, 0.2) is 9.84 Å². The van der Waals surface area contributed by atoms with Crippen LogP contribution in [-0.4, -0.2) is 26.5 Å². The molecule has 1 atom stereocenters. The maximum Gasteiger partial charge on any atom is 0.279 e. The van der Waals surface area contributed by atoms with Crippen molar-refractivity contribution >= 4 is 33.0 Å². The molecule has 1 heterocycles. The number of carbonyl (C=O) groups excluding carboxylic acids is 2. The molecule has 0 aliphatic heterocycles. The number of fused-ring (bicyclic) bond motifs is 1. The molecule has 0 fully saturated rings. The topological polar surface area (TPSA) is 92.3 Å². The average molecular weight is 407 g/mol. The molecule has 3 rings (SSSR count). The van der Waals surface area contributed by atoms with Crippen LogP contribution < -0.4 is 10.9 Å². The summed E-state index contributed by atoms with van der Waals surface area (Å²) in [6, 6.07) is 8.25. The molecule has 0 bridgehead atoms. The predicted octanol–water partition coefficient (Wildman–Crippen LogP) is 2.49. The van der Waals surface area contributed by atoms with Crippen LogP contribution in [0.1, 0.15) is 49.4 Å².